The van der Waals surface area contributed by atoms with Crippen molar-refractivity contribution in [3.63, 3.8) is 0 Å². The van der Waals surface area contributed by atoms with Gasteiger partial charge in [-0.25, -0.2) is 19.6 Å². The van der Waals surface area contributed by atoms with Gasteiger partial charge < -0.3 is 9.84 Å². The molecule has 0 saturated heterocycles. The van der Waals surface area contributed by atoms with Crippen molar-refractivity contribution in [1.82, 2.24) is 9.97 Å². The van der Waals surface area contributed by atoms with Crippen molar-refractivity contribution in [2.75, 3.05) is 0 Å². The van der Waals surface area contributed by atoms with E-state index in [1.54, 1.807) is 20.8 Å². The van der Waals surface area contributed by atoms with Gasteiger partial charge in [0, 0.05) is 0 Å². The Morgan fingerprint density at radius 1 is 0.967 bits per heavy atom. The van der Waals surface area contributed by atoms with E-state index in [1.807, 2.05) is 0 Å². The highest BCUT2D eigenvalue weighted by atomic mass is 35.5. The minimum absolute atomic E-state index is 0.00328. The van der Waals surface area contributed by atoms with Crippen molar-refractivity contribution in [3.05, 3.63) is 66.2 Å². The molecule has 0 spiro atoms. The Morgan fingerprint density at radius 3 is 1.73 bits per heavy atom. The third kappa shape index (κ3) is 7.22. The van der Waals surface area contributed by atoms with Crippen LogP contribution in [-0.2, 0) is 4.74 Å². The molecule has 2 aromatic rings. The number of ether oxygens (including phenoxy) is 1. The van der Waals surface area contributed by atoms with Crippen molar-refractivity contribution in [2.45, 2.75) is 26.4 Å². The molecule has 0 aromatic carbocycles. The number of halogens is 2. The van der Waals surface area contributed by atoms with Crippen molar-refractivity contribution in [1.29, 1.82) is 0 Å². The number of aromatic carboxylic acids is 1. The maximum absolute atomic E-state index is 11.7. The predicted molar refractivity (Wildman–Crippen MR) is 104 cm³/mol. The van der Waals surface area contributed by atoms with E-state index in [1.165, 1.54) is 0 Å². The predicted octanol–water partition coefficient (Wildman–Crippen LogP) is 3.94. The lowest BCUT2D eigenvalue weighted by Crippen LogP contribution is -2.24. The Hall–Kier alpha value is -3.38. The molecule has 2 rings (SSSR count). The highest BCUT2D eigenvalue weighted by molar-refractivity contribution is 6.30. The Kier molecular flexibility index (Phi) is 8.13. The summed E-state index contributed by atoms with van der Waals surface area (Å²) < 4.78 is 5.04. The fraction of sp³-hybridized carbons (Fsp3) is 0.250. The van der Waals surface area contributed by atoms with E-state index in [0.29, 0.717) is 0 Å². The number of carboxylic acid groups (broad SMARTS) is 1. The first kappa shape index (κ1) is 24.7. The van der Waals surface area contributed by atoms with Gasteiger partial charge in [-0.1, -0.05) is 23.2 Å². The van der Waals surface area contributed by atoms with Gasteiger partial charge in [0.2, 0.25) is 0 Å². The van der Waals surface area contributed by atoms with E-state index in [-0.39, 0.29) is 15.9 Å². The minimum atomic E-state index is -1.41. The Bertz CT molecular complexity index is 1010. The van der Waals surface area contributed by atoms with Gasteiger partial charge in [-0.2, -0.15) is 0 Å². The molecule has 0 fully saturated rings. The number of carbonyl (C=O) groups is 2. The average Bonchev–Trinajstić information content (AvgIpc) is 2.60. The van der Waals surface area contributed by atoms with E-state index < -0.39 is 44.3 Å². The first-order valence-corrected chi connectivity index (χ1v) is 8.55. The van der Waals surface area contributed by atoms with Gasteiger partial charge in [0.25, 0.3) is 0 Å². The number of rotatable bonds is 4. The van der Waals surface area contributed by atoms with Crippen LogP contribution in [0.25, 0.3) is 0 Å². The fourth-order valence-corrected chi connectivity index (χ4v) is 2.12. The number of nitrogens with zero attached hydrogens (tertiary/aromatic N) is 4. The number of hydrogen-bond donors (Lipinski definition) is 1. The highest BCUT2D eigenvalue weighted by Crippen LogP contribution is 2.23. The summed E-state index contributed by atoms with van der Waals surface area (Å²) in [7, 11) is 0. The molecule has 12 nitrogen and oxygen atoms in total. The molecule has 2 heterocycles. The van der Waals surface area contributed by atoms with Gasteiger partial charge in [-0.15, -0.1) is 0 Å². The van der Waals surface area contributed by atoms with Crippen molar-refractivity contribution >= 4 is 46.5 Å². The molecular weight excluding hydrogens is 447 g/mol. The standard InChI is InChI=1S/C10H11ClN2O4.C6H3ClN2O4/c1-10(2,3)17-9(14)6-4-8(11)12-5-7(6)13(15)16;7-5-1-3(6(10)11)4(2-8-5)9(12)13/h4-5H,1-3H3;1-2H,(H,10,11). The van der Waals surface area contributed by atoms with Crippen molar-refractivity contribution < 1.29 is 29.3 Å². The van der Waals surface area contributed by atoms with Crippen LogP contribution in [0, 0.1) is 20.2 Å². The normalized spacial score (nSPS) is 10.4. The monoisotopic (exact) mass is 460 g/mol. The number of aromatic nitrogens is 2. The summed E-state index contributed by atoms with van der Waals surface area (Å²) in [4.78, 5) is 48.7. The average molecular weight is 461 g/mol. The lowest BCUT2D eigenvalue weighted by atomic mass is 10.2. The van der Waals surface area contributed by atoms with Gasteiger partial charge in [-0.3, -0.25) is 20.2 Å². The largest absolute Gasteiger partial charge is 0.477 e. The number of hydrogen-bond acceptors (Lipinski definition) is 9. The zero-order valence-corrected chi connectivity index (χ0v) is 17.2. The van der Waals surface area contributed by atoms with E-state index >= 15 is 0 Å². The maximum atomic E-state index is 11.7. The first-order chi connectivity index (χ1) is 13.7. The molecule has 160 valence electrons. The number of carboxylic acids is 1. The quantitative estimate of drug-likeness (QED) is 0.304. The van der Waals surface area contributed by atoms with Crippen LogP contribution in [0.2, 0.25) is 10.3 Å². The third-order valence-corrected chi connectivity index (χ3v) is 3.36. The van der Waals surface area contributed by atoms with Gasteiger partial charge >= 0.3 is 23.3 Å². The summed E-state index contributed by atoms with van der Waals surface area (Å²) in [6, 6.07) is 2.05. The van der Waals surface area contributed by atoms with E-state index in [2.05, 4.69) is 9.97 Å². The van der Waals surface area contributed by atoms with Crippen LogP contribution < -0.4 is 0 Å². The van der Waals surface area contributed by atoms with Crippen molar-refractivity contribution in [2.24, 2.45) is 0 Å². The summed E-state index contributed by atoms with van der Waals surface area (Å²) in [5.74, 6) is -2.20. The van der Waals surface area contributed by atoms with Crippen molar-refractivity contribution in [3.8, 4) is 0 Å². The highest BCUT2D eigenvalue weighted by Gasteiger charge is 2.26. The molecule has 0 unspecified atom stereocenters. The van der Waals surface area contributed by atoms with Crippen LogP contribution in [0.4, 0.5) is 11.4 Å². The number of pyridine rings is 2. The Balaban J connectivity index is 0.000000311. The second kappa shape index (κ2) is 9.89. The summed E-state index contributed by atoms with van der Waals surface area (Å²) in [5, 5.41) is 29.5. The molecular formula is C16H14Cl2N4O8. The van der Waals surface area contributed by atoms with E-state index in [9.17, 15) is 29.8 Å². The van der Waals surface area contributed by atoms with Crippen LogP contribution in [0.1, 0.15) is 41.5 Å². The molecule has 14 heteroatoms. The van der Waals surface area contributed by atoms with Crippen LogP contribution >= 0.6 is 23.2 Å². The molecule has 0 amide bonds. The van der Waals surface area contributed by atoms with Crippen LogP contribution in [0.3, 0.4) is 0 Å². The van der Waals surface area contributed by atoms with E-state index in [4.69, 9.17) is 33.0 Å². The molecule has 0 bridgehead atoms. The zero-order chi connectivity index (χ0) is 23.2. The Labute approximate surface area is 178 Å². The second-order valence-corrected chi connectivity index (χ2v) is 7.14. The van der Waals surface area contributed by atoms with Gasteiger partial charge in [0.15, 0.2) is 0 Å². The Morgan fingerprint density at radius 2 is 1.37 bits per heavy atom. The minimum Gasteiger partial charge on any atom is -0.477 e. The SMILES string of the molecule is CC(C)(C)OC(=O)c1cc(Cl)ncc1[N+](=O)[O-].O=C(O)c1cc(Cl)ncc1[N+](=O)[O-]. The lowest BCUT2D eigenvalue weighted by Gasteiger charge is -2.19. The van der Waals surface area contributed by atoms with Crippen LogP contribution in [0.5, 0.6) is 0 Å². The molecule has 0 saturated carbocycles. The van der Waals surface area contributed by atoms with Gasteiger partial charge in [0.1, 0.15) is 39.4 Å². The summed E-state index contributed by atoms with van der Waals surface area (Å²) in [6.45, 7) is 5.00. The number of esters is 1. The molecule has 0 aliphatic carbocycles. The van der Waals surface area contributed by atoms with Crippen LogP contribution in [0.15, 0.2) is 24.5 Å². The summed E-state index contributed by atoms with van der Waals surface area (Å²) in [6.07, 6.45) is 1.74. The summed E-state index contributed by atoms with van der Waals surface area (Å²) >= 11 is 11.0. The summed E-state index contributed by atoms with van der Waals surface area (Å²) in [5.41, 5.74) is -2.41. The molecule has 0 radical (unpaired) electrons. The number of nitro groups is 2. The fourth-order valence-electron chi connectivity index (χ4n) is 1.80. The lowest BCUT2D eigenvalue weighted by molar-refractivity contribution is -0.385. The van der Waals surface area contributed by atoms with Gasteiger partial charge in [0.05, 0.1) is 9.85 Å². The molecule has 30 heavy (non-hydrogen) atoms. The van der Waals surface area contributed by atoms with E-state index in [0.717, 1.165) is 24.5 Å². The molecule has 2 aromatic heterocycles. The molecule has 0 aliphatic heterocycles. The van der Waals surface area contributed by atoms with Gasteiger partial charge in [-0.05, 0) is 32.9 Å². The number of carbonyl (C=O) groups excluding carboxylic acids is 1. The smallest absolute Gasteiger partial charge is 0.345 e. The van der Waals surface area contributed by atoms with Crippen LogP contribution in [-0.4, -0.2) is 42.5 Å². The molecule has 1 N–H and O–H groups in total. The molecule has 0 aliphatic rings. The second-order valence-electron chi connectivity index (χ2n) is 6.37. The maximum Gasteiger partial charge on any atom is 0.345 e. The first-order valence-electron chi connectivity index (χ1n) is 7.79. The molecule has 0 atom stereocenters. The zero-order valence-electron chi connectivity index (χ0n) is 15.7. The topological polar surface area (TPSA) is 176 Å². The third-order valence-electron chi connectivity index (χ3n) is 2.94.